The van der Waals surface area contributed by atoms with Gasteiger partial charge in [-0.15, -0.1) is 0 Å². The normalized spacial score (nSPS) is 17.7. The number of rotatable bonds is 7. The molecule has 0 bridgehead atoms. The molecular weight excluding hydrogens is 226 g/mol. The second kappa shape index (κ2) is 11.9. The van der Waals surface area contributed by atoms with Crippen molar-refractivity contribution in [2.75, 3.05) is 73.6 Å². The van der Waals surface area contributed by atoms with E-state index in [0.29, 0.717) is 0 Å². The third-order valence-electron chi connectivity index (χ3n) is 3.28. The topological polar surface area (TPSA) is 19.0 Å². The zero-order chi connectivity index (χ0) is 13.8. The highest BCUT2D eigenvalue weighted by Crippen LogP contribution is 1.99. The van der Waals surface area contributed by atoms with Crippen LogP contribution in [0.2, 0.25) is 0 Å². The van der Waals surface area contributed by atoms with Gasteiger partial charge in [-0.25, -0.2) is 0 Å². The monoisotopic (exact) mass is 259 g/mol. The molecule has 4 heteroatoms. The minimum atomic E-state index is 0.874. The quantitative estimate of drug-likeness (QED) is 0.640. The molecule has 4 nitrogen and oxygen atoms in total. The van der Waals surface area contributed by atoms with Crippen molar-refractivity contribution in [1.29, 1.82) is 0 Å². The summed E-state index contributed by atoms with van der Waals surface area (Å²) in [7, 11) is 6.17. The lowest BCUT2D eigenvalue weighted by Gasteiger charge is -2.33. The maximum Gasteiger partial charge on any atom is 0.0474 e. The van der Waals surface area contributed by atoms with E-state index < -0.39 is 0 Å². The smallest absolute Gasteiger partial charge is 0.0474 e. The molecule has 18 heavy (non-hydrogen) atoms. The Balaban J connectivity index is 0.00000137. The Morgan fingerprint density at radius 3 is 2.22 bits per heavy atom. The minimum absolute atomic E-state index is 0.874. The summed E-state index contributed by atoms with van der Waals surface area (Å²) in [5.74, 6) is 0. The van der Waals surface area contributed by atoms with E-state index in [0.717, 1.165) is 19.6 Å². The van der Waals surface area contributed by atoms with Gasteiger partial charge in [-0.1, -0.05) is 13.8 Å². The number of nitrogens with zero attached hydrogens (tertiary/aromatic N) is 3. The first-order valence-corrected chi connectivity index (χ1v) is 7.30. The average Bonchev–Trinajstić information content (AvgIpc) is 2.41. The van der Waals surface area contributed by atoms with E-state index in [1.807, 2.05) is 13.8 Å². The van der Waals surface area contributed by atoms with E-state index in [4.69, 9.17) is 4.74 Å². The van der Waals surface area contributed by atoms with Gasteiger partial charge in [0.25, 0.3) is 0 Å². The maximum absolute atomic E-state index is 5.06. The van der Waals surface area contributed by atoms with Gasteiger partial charge in [-0.05, 0) is 20.5 Å². The van der Waals surface area contributed by atoms with E-state index in [1.165, 1.54) is 39.3 Å². The number of ether oxygens (including phenoxy) is 1. The summed E-state index contributed by atoms with van der Waals surface area (Å²) in [4.78, 5) is 7.36. The summed E-state index contributed by atoms with van der Waals surface area (Å²) in [5, 5.41) is 0. The number of methoxy groups -OCH3 is 1. The van der Waals surface area contributed by atoms with Crippen LogP contribution in [0.1, 0.15) is 20.3 Å². The third kappa shape index (κ3) is 8.86. The second-order valence-electron chi connectivity index (χ2n) is 4.79. The lowest BCUT2D eigenvalue weighted by Crippen LogP contribution is -2.46. The first kappa shape index (κ1) is 17.8. The lowest BCUT2D eigenvalue weighted by molar-refractivity contribution is 0.135. The fourth-order valence-electron chi connectivity index (χ4n) is 1.97. The molecule has 1 rings (SSSR count). The number of hydrogen-bond acceptors (Lipinski definition) is 4. The Hall–Kier alpha value is -0.160. The van der Waals surface area contributed by atoms with E-state index in [9.17, 15) is 0 Å². The maximum atomic E-state index is 5.06. The van der Waals surface area contributed by atoms with Crippen molar-refractivity contribution in [1.82, 2.24) is 14.7 Å². The summed E-state index contributed by atoms with van der Waals surface area (Å²) < 4.78 is 5.06. The van der Waals surface area contributed by atoms with Crippen LogP contribution >= 0.6 is 0 Å². The van der Waals surface area contributed by atoms with E-state index in [-0.39, 0.29) is 0 Å². The molecule has 1 aliphatic heterocycles. The van der Waals surface area contributed by atoms with Gasteiger partial charge in [0.2, 0.25) is 0 Å². The van der Waals surface area contributed by atoms with Gasteiger partial charge in [0.15, 0.2) is 0 Å². The second-order valence-corrected chi connectivity index (χ2v) is 4.79. The van der Waals surface area contributed by atoms with Gasteiger partial charge in [0.05, 0.1) is 0 Å². The fraction of sp³-hybridized carbons (Fsp3) is 1.00. The van der Waals surface area contributed by atoms with Crippen molar-refractivity contribution >= 4 is 0 Å². The highest BCUT2D eigenvalue weighted by atomic mass is 16.5. The van der Waals surface area contributed by atoms with Crippen molar-refractivity contribution < 1.29 is 4.74 Å². The standard InChI is InChI=1S/C12H27N3O.C2H6/c1-13(5-4-12-16-3)6-9-15-10-7-14(2)8-11-15;1-2/h4-12H2,1-3H3;1-2H3. The van der Waals surface area contributed by atoms with Crippen LogP contribution in [0.4, 0.5) is 0 Å². The van der Waals surface area contributed by atoms with Crippen molar-refractivity contribution in [2.45, 2.75) is 20.3 Å². The summed E-state index contributed by atoms with van der Waals surface area (Å²) in [6, 6.07) is 0. The molecule has 0 aromatic rings. The Bertz CT molecular complexity index is 170. The van der Waals surface area contributed by atoms with Crippen LogP contribution in [-0.4, -0.2) is 88.3 Å². The average molecular weight is 259 g/mol. The molecule has 0 atom stereocenters. The molecule has 1 saturated heterocycles. The molecule has 0 saturated carbocycles. The number of hydrogen-bond donors (Lipinski definition) is 0. The molecule has 0 N–H and O–H groups in total. The lowest BCUT2D eigenvalue weighted by atomic mass is 10.3. The predicted molar refractivity (Wildman–Crippen MR) is 79.3 cm³/mol. The Labute approximate surface area is 114 Å². The van der Waals surface area contributed by atoms with E-state index in [1.54, 1.807) is 7.11 Å². The van der Waals surface area contributed by atoms with Crippen LogP contribution < -0.4 is 0 Å². The SMILES string of the molecule is CC.COCCCN(C)CCN1CCN(C)CC1. The largest absolute Gasteiger partial charge is 0.385 e. The van der Waals surface area contributed by atoms with Crippen LogP contribution in [0.25, 0.3) is 0 Å². The fourth-order valence-corrected chi connectivity index (χ4v) is 1.97. The van der Waals surface area contributed by atoms with Crippen molar-refractivity contribution in [2.24, 2.45) is 0 Å². The summed E-state index contributed by atoms with van der Waals surface area (Å²) in [5.41, 5.74) is 0. The minimum Gasteiger partial charge on any atom is -0.385 e. The van der Waals surface area contributed by atoms with Gasteiger partial charge in [0, 0.05) is 59.5 Å². The van der Waals surface area contributed by atoms with Crippen LogP contribution in [-0.2, 0) is 4.74 Å². The van der Waals surface area contributed by atoms with Gasteiger partial charge in [-0.2, -0.15) is 0 Å². The van der Waals surface area contributed by atoms with Gasteiger partial charge in [-0.3, -0.25) is 4.90 Å². The molecule has 0 radical (unpaired) electrons. The molecule has 0 amide bonds. The Morgan fingerprint density at radius 1 is 1.06 bits per heavy atom. The summed E-state index contributed by atoms with van der Waals surface area (Å²) >= 11 is 0. The van der Waals surface area contributed by atoms with Crippen LogP contribution in [0.3, 0.4) is 0 Å². The van der Waals surface area contributed by atoms with Gasteiger partial charge < -0.3 is 14.5 Å². The van der Waals surface area contributed by atoms with Crippen LogP contribution in [0.15, 0.2) is 0 Å². The number of piperazine rings is 1. The molecule has 0 spiro atoms. The molecule has 1 fully saturated rings. The van der Waals surface area contributed by atoms with Gasteiger partial charge in [0.1, 0.15) is 0 Å². The summed E-state index contributed by atoms with van der Waals surface area (Å²) in [6.07, 6.45) is 1.13. The van der Waals surface area contributed by atoms with E-state index >= 15 is 0 Å². The predicted octanol–water partition coefficient (Wildman–Crippen LogP) is 1.23. The zero-order valence-corrected chi connectivity index (χ0v) is 13.1. The molecule has 0 aromatic carbocycles. The number of likely N-dealkylation sites (N-methyl/N-ethyl adjacent to an activating group) is 2. The Kier molecular flexibility index (Phi) is 11.8. The Morgan fingerprint density at radius 2 is 1.67 bits per heavy atom. The van der Waals surface area contributed by atoms with Crippen LogP contribution in [0.5, 0.6) is 0 Å². The third-order valence-corrected chi connectivity index (χ3v) is 3.28. The van der Waals surface area contributed by atoms with Crippen molar-refractivity contribution in [3.8, 4) is 0 Å². The van der Waals surface area contributed by atoms with Crippen molar-refractivity contribution in [3.05, 3.63) is 0 Å². The molecule has 0 aliphatic carbocycles. The van der Waals surface area contributed by atoms with Crippen LogP contribution in [0, 0.1) is 0 Å². The molecule has 1 aliphatic rings. The first-order chi connectivity index (χ1) is 8.72. The molecular formula is C14H33N3O. The first-order valence-electron chi connectivity index (χ1n) is 7.30. The molecule has 110 valence electrons. The zero-order valence-electron chi connectivity index (χ0n) is 13.1. The summed E-state index contributed by atoms with van der Waals surface area (Å²) in [6.45, 7) is 13.3. The highest BCUT2D eigenvalue weighted by molar-refractivity contribution is 4.70. The van der Waals surface area contributed by atoms with Gasteiger partial charge >= 0.3 is 0 Å². The highest BCUT2D eigenvalue weighted by Gasteiger charge is 2.13. The molecule has 0 unspecified atom stereocenters. The van der Waals surface area contributed by atoms with Crippen molar-refractivity contribution in [3.63, 3.8) is 0 Å². The van der Waals surface area contributed by atoms with E-state index in [2.05, 4.69) is 28.8 Å². The molecule has 0 aromatic heterocycles. The molecule has 1 heterocycles.